The van der Waals surface area contributed by atoms with E-state index in [1.807, 2.05) is 0 Å². The monoisotopic (exact) mass is 285 g/mol. The molecule has 0 bridgehead atoms. The van der Waals surface area contributed by atoms with Gasteiger partial charge in [-0.25, -0.2) is 9.78 Å². The molecule has 2 heterocycles. The molecule has 0 fully saturated rings. The lowest BCUT2D eigenvalue weighted by Gasteiger charge is -2.07. The average molecular weight is 286 g/mol. The summed E-state index contributed by atoms with van der Waals surface area (Å²) in [5, 5.41) is 10.1. The summed E-state index contributed by atoms with van der Waals surface area (Å²) < 4.78 is 0. The third kappa shape index (κ3) is 2.08. The first-order chi connectivity index (χ1) is 9.66. The minimum absolute atomic E-state index is 0.0984. The normalized spacial score (nSPS) is 10.7. The molecule has 0 aliphatic heterocycles. The number of hydrogen-bond acceptors (Lipinski definition) is 4. The van der Waals surface area contributed by atoms with Gasteiger partial charge in [-0.05, 0) is 18.2 Å². The molecule has 0 saturated carbocycles. The van der Waals surface area contributed by atoms with Crippen LogP contribution in [0.5, 0.6) is 0 Å². The zero-order valence-electron chi connectivity index (χ0n) is 10.1. The smallest absolute Gasteiger partial charge is 0.336 e. The van der Waals surface area contributed by atoms with Gasteiger partial charge < -0.3 is 5.11 Å². The van der Waals surface area contributed by atoms with Crippen LogP contribution >= 0.6 is 11.6 Å². The molecule has 3 rings (SSSR count). The van der Waals surface area contributed by atoms with Crippen LogP contribution in [0.1, 0.15) is 10.4 Å². The molecule has 20 heavy (non-hydrogen) atoms. The number of aromatic carboxylic acids is 1. The van der Waals surface area contributed by atoms with Crippen molar-refractivity contribution < 1.29 is 9.90 Å². The zero-order valence-corrected chi connectivity index (χ0v) is 10.9. The van der Waals surface area contributed by atoms with Gasteiger partial charge in [0.15, 0.2) is 0 Å². The standard InChI is InChI=1S/C14H8ClN3O2/c15-9-2-1-3-10-13(9)8(14(19)20)6-11(18-10)12-7-16-4-5-17-12/h1-7H,(H,19,20). The molecule has 1 N–H and O–H groups in total. The van der Waals surface area contributed by atoms with Gasteiger partial charge in [-0.1, -0.05) is 17.7 Å². The van der Waals surface area contributed by atoms with Gasteiger partial charge in [-0.2, -0.15) is 0 Å². The Morgan fingerprint density at radius 3 is 2.75 bits per heavy atom. The van der Waals surface area contributed by atoms with Crippen molar-refractivity contribution in [2.24, 2.45) is 0 Å². The minimum atomic E-state index is -1.06. The Balaban J connectivity index is 2.35. The Morgan fingerprint density at radius 1 is 1.20 bits per heavy atom. The van der Waals surface area contributed by atoms with Crippen LogP contribution in [0.25, 0.3) is 22.3 Å². The van der Waals surface area contributed by atoms with Crippen LogP contribution in [0.3, 0.4) is 0 Å². The molecule has 2 aromatic heterocycles. The van der Waals surface area contributed by atoms with Gasteiger partial charge >= 0.3 is 5.97 Å². The zero-order chi connectivity index (χ0) is 14.1. The topological polar surface area (TPSA) is 76.0 Å². The van der Waals surface area contributed by atoms with Crippen molar-refractivity contribution >= 4 is 28.5 Å². The number of hydrogen-bond donors (Lipinski definition) is 1. The van der Waals surface area contributed by atoms with Crippen LogP contribution in [-0.4, -0.2) is 26.0 Å². The second-order valence-electron chi connectivity index (χ2n) is 4.08. The molecular weight excluding hydrogens is 278 g/mol. The van der Waals surface area contributed by atoms with Crippen molar-refractivity contribution in [3.05, 3.63) is 53.4 Å². The Labute approximate surface area is 118 Å². The van der Waals surface area contributed by atoms with Gasteiger partial charge in [-0.15, -0.1) is 0 Å². The second kappa shape index (κ2) is 4.86. The first kappa shape index (κ1) is 12.5. The number of carbonyl (C=O) groups is 1. The van der Waals surface area contributed by atoms with Crippen molar-refractivity contribution in [1.29, 1.82) is 0 Å². The van der Waals surface area contributed by atoms with Gasteiger partial charge in [0, 0.05) is 17.8 Å². The summed E-state index contributed by atoms with van der Waals surface area (Å²) in [6, 6.07) is 6.54. The molecule has 0 saturated heterocycles. The fourth-order valence-electron chi connectivity index (χ4n) is 1.97. The lowest BCUT2D eigenvalue weighted by Crippen LogP contribution is -2.01. The predicted octanol–water partition coefficient (Wildman–Crippen LogP) is 3.04. The quantitative estimate of drug-likeness (QED) is 0.783. The van der Waals surface area contributed by atoms with E-state index in [0.29, 0.717) is 27.3 Å². The highest BCUT2D eigenvalue weighted by molar-refractivity contribution is 6.36. The number of carboxylic acids is 1. The van der Waals surface area contributed by atoms with Crippen molar-refractivity contribution in [1.82, 2.24) is 15.0 Å². The molecule has 0 aliphatic carbocycles. The van der Waals surface area contributed by atoms with Gasteiger partial charge in [0.05, 0.1) is 28.0 Å². The van der Waals surface area contributed by atoms with E-state index in [4.69, 9.17) is 11.6 Å². The van der Waals surface area contributed by atoms with Crippen LogP contribution in [0.4, 0.5) is 0 Å². The van der Waals surface area contributed by atoms with E-state index in [-0.39, 0.29) is 5.56 Å². The van der Waals surface area contributed by atoms with Crippen LogP contribution in [0.2, 0.25) is 5.02 Å². The number of halogens is 1. The van der Waals surface area contributed by atoms with Gasteiger partial charge in [0.25, 0.3) is 0 Å². The molecule has 0 amide bonds. The van der Waals surface area contributed by atoms with E-state index < -0.39 is 5.97 Å². The van der Waals surface area contributed by atoms with E-state index >= 15 is 0 Å². The highest BCUT2D eigenvalue weighted by Crippen LogP contribution is 2.28. The number of aromatic nitrogens is 3. The number of benzene rings is 1. The Bertz CT molecular complexity index is 806. The number of fused-ring (bicyclic) bond motifs is 1. The van der Waals surface area contributed by atoms with Gasteiger partial charge in [0.2, 0.25) is 0 Å². The molecule has 0 spiro atoms. The summed E-state index contributed by atoms with van der Waals surface area (Å²) in [7, 11) is 0. The summed E-state index contributed by atoms with van der Waals surface area (Å²) in [4.78, 5) is 23.9. The first-order valence-electron chi connectivity index (χ1n) is 5.76. The van der Waals surface area contributed by atoms with Gasteiger partial charge in [-0.3, -0.25) is 9.97 Å². The maximum Gasteiger partial charge on any atom is 0.336 e. The summed E-state index contributed by atoms with van der Waals surface area (Å²) in [5.74, 6) is -1.06. The molecule has 0 atom stereocenters. The average Bonchev–Trinajstić information content (AvgIpc) is 2.47. The molecule has 0 radical (unpaired) electrons. The van der Waals surface area contributed by atoms with Crippen molar-refractivity contribution in [3.8, 4) is 11.4 Å². The number of carboxylic acid groups (broad SMARTS) is 1. The third-order valence-electron chi connectivity index (χ3n) is 2.84. The lowest BCUT2D eigenvalue weighted by molar-refractivity contribution is 0.0699. The summed E-state index contributed by atoms with van der Waals surface area (Å²) in [6.45, 7) is 0. The second-order valence-corrected chi connectivity index (χ2v) is 4.49. The van der Waals surface area contributed by atoms with Gasteiger partial charge in [0.1, 0.15) is 5.69 Å². The molecule has 0 aliphatic rings. The maximum atomic E-state index is 11.4. The van der Waals surface area contributed by atoms with Crippen LogP contribution in [-0.2, 0) is 0 Å². The summed E-state index contributed by atoms with van der Waals surface area (Å²) >= 11 is 6.07. The predicted molar refractivity (Wildman–Crippen MR) is 74.7 cm³/mol. The molecule has 0 unspecified atom stereocenters. The fraction of sp³-hybridized carbons (Fsp3) is 0. The Kier molecular flexibility index (Phi) is 3.04. The SMILES string of the molecule is O=C(O)c1cc(-c2cnccn2)nc2cccc(Cl)c12. The Hall–Kier alpha value is -2.53. The molecule has 6 heteroatoms. The third-order valence-corrected chi connectivity index (χ3v) is 3.15. The minimum Gasteiger partial charge on any atom is -0.478 e. The van der Waals surface area contributed by atoms with Crippen LogP contribution < -0.4 is 0 Å². The summed E-state index contributed by atoms with van der Waals surface area (Å²) in [6.07, 6.45) is 4.60. The van der Waals surface area contributed by atoms with E-state index in [1.165, 1.54) is 18.5 Å². The van der Waals surface area contributed by atoms with Crippen molar-refractivity contribution in [2.45, 2.75) is 0 Å². The fourth-order valence-corrected chi connectivity index (χ4v) is 2.25. The largest absolute Gasteiger partial charge is 0.478 e. The number of rotatable bonds is 2. The van der Waals surface area contributed by atoms with Crippen molar-refractivity contribution in [2.75, 3.05) is 0 Å². The molecule has 3 aromatic rings. The number of nitrogens with zero attached hydrogens (tertiary/aromatic N) is 3. The first-order valence-corrected chi connectivity index (χ1v) is 6.13. The lowest BCUT2D eigenvalue weighted by atomic mass is 10.1. The molecule has 98 valence electrons. The van der Waals surface area contributed by atoms with E-state index in [0.717, 1.165) is 0 Å². The van der Waals surface area contributed by atoms with Crippen molar-refractivity contribution in [3.63, 3.8) is 0 Å². The summed E-state index contributed by atoms with van der Waals surface area (Å²) in [5.41, 5.74) is 1.57. The Morgan fingerprint density at radius 2 is 2.05 bits per heavy atom. The molecule has 1 aromatic carbocycles. The van der Waals surface area contributed by atoms with E-state index in [2.05, 4.69) is 15.0 Å². The molecule has 5 nitrogen and oxygen atoms in total. The highest BCUT2D eigenvalue weighted by atomic mass is 35.5. The molecular formula is C14H8ClN3O2. The van der Waals surface area contributed by atoms with E-state index in [1.54, 1.807) is 24.4 Å². The van der Waals surface area contributed by atoms with Crippen LogP contribution in [0, 0.1) is 0 Å². The van der Waals surface area contributed by atoms with E-state index in [9.17, 15) is 9.90 Å². The highest BCUT2D eigenvalue weighted by Gasteiger charge is 2.15. The number of pyridine rings is 1. The maximum absolute atomic E-state index is 11.4. The van der Waals surface area contributed by atoms with Crippen LogP contribution in [0.15, 0.2) is 42.9 Å².